The van der Waals surface area contributed by atoms with Gasteiger partial charge in [0.15, 0.2) is 11.5 Å². The molecule has 1 aromatic carbocycles. The van der Waals surface area contributed by atoms with Crippen LogP contribution in [0.5, 0.6) is 11.5 Å². The van der Waals surface area contributed by atoms with Crippen LogP contribution in [0.4, 0.5) is 5.69 Å². The lowest BCUT2D eigenvalue weighted by Crippen LogP contribution is -2.45. The first-order valence-corrected chi connectivity index (χ1v) is 8.92. The molecule has 0 spiro atoms. The molecule has 0 unspecified atom stereocenters. The highest BCUT2D eigenvalue weighted by molar-refractivity contribution is 6.00. The zero-order chi connectivity index (χ0) is 18.1. The minimum absolute atomic E-state index is 0.0227. The molecule has 1 aromatic rings. The van der Waals surface area contributed by atoms with Gasteiger partial charge < -0.3 is 19.3 Å². The number of ether oxygens (including phenoxy) is 2. The summed E-state index contributed by atoms with van der Waals surface area (Å²) in [5.41, 5.74) is 0.754. The minimum atomic E-state index is -0.293. The van der Waals surface area contributed by atoms with Crippen LogP contribution < -0.4 is 14.4 Å². The molecule has 0 radical (unpaired) electrons. The number of hydrogen-bond donors (Lipinski definition) is 0. The molecule has 2 amide bonds. The molecule has 6 heteroatoms. The molecule has 6 nitrogen and oxygen atoms in total. The summed E-state index contributed by atoms with van der Waals surface area (Å²) in [5, 5.41) is 0. The fourth-order valence-corrected chi connectivity index (χ4v) is 3.41. The highest BCUT2D eigenvalue weighted by atomic mass is 16.7. The number of benzene rings is 1. The van der Waals surface area contributed by atoms with E-state index < -0.39 is 0 Å². The van der Waals surface area contributed by atoms with Gasteiger partial charge in [-0.05, 0) is 31.9 Å². The van der Waals surface area contributed by atoms with Crippen molar-refractivity contribution in [2.24, 2.45) is 11.8 Å². The van der Waals surface area contributed by atoms with Crippen molar-refractivity contribution in [2.75, 3.05) is 24.8 Å². The van der Waals surface area contributed by atoms with Crippen LogP contribution in [0.3, 0.4) is 0 Å². The number of anilines is 1. The van der Waals surface area contributed by atoms with Crippen molar-refractivity contribution in [3.8, 4) is 11.5 Å². The predicted molar refractivity (Wildman–Crippen MR) is 94.7 cm³/mol. The molecule has 136 valence electrons. The zero-order valence-electron chi connectivity index (χ0n) is 15.3. The maximum absolute atomic E-state index is 12.9. The van der Waals surface area contributed by atoms with Crippen LogP contribution in [-0.2, 0) is 9.59 Å². The maximum atomic E-state index is 12.9. The van der Waals surface area contributed by atoms with Crippen LogP contribution in [0, 0.1) is 11.8 Å². The fourth-order valence-electron chi connectivity index (χ4n) is 3.41. The number of nitrogens with zero attached hydrogens (tertiary/aromatic N) is 2. The van der Waals surface area contributed by atoms with E-state index in [0.29, 0.717) is 30.5 Å². The third-order valence-corrected chi connectivity index (χ3v) is 5.22. The van der Waals surface area contributed by atoms with Crippen molar-refractivity contribution < 1.29 is 19.1 Å². The highest BCUT2D eigenvalue weighted by Crippen LogP contribution is 2.37. The minimum Gasteiger partial charge on any atom is -0.454 e. The van der Waals surface area contributed by atoms with Crippen molar-refractivity contribution >= 4 is 17.5 Å². The van der Waals surface area contributed by atoms with E-state index in [9.17, 15) is 9.59 Å². The molecule has 0 N–H and O–H groups in total. The van der Waals surface area contributed by atoms with E-state index in [2.05, 4.69) is 20.8 Å². The lowest BCUT2D eigenvalue weighted by Gasteiger charge is -2.32. The molecular weight excluding hydrogens is 320 g/mol. The summed E-state index contributed by atoms with van der Waals surface area (Å²) in [6.45, 7) is 9.55. The SMILES string of the molecule is CCN(C(=O)[C@@H]1CC(=O)N(c2ccc3c(c2)OCO3)C1)[C@H](C)C(C)C. The van der Waals surface area contributed by atoms with Gasteiger partial charge in [-0.2, -0.15) is 0 Å². The van der Waals surface area contributed by atoms with Gasteiger partial charge in [-0.15, -0.1) is 0 Å². The lowest BCUT2D eigenvalue weighted by atomic mass is 10.0. The second-order valence-electron chi connectivity index (χ2n) is 7.05. The topological polar surface area (TPSA) is 59.1 Å². The quantitative estimate of drug-likeness (QED) is 0.822. The summed E-state index contributed by atoms with van der Waals surface area (Å²) in [6, 6.07) is 5.61. The van der Waals surface area contributed by atoms with E-state index in [1.807, 2.05) is 17.9 Å². The third kappa shape index (κ3) is 3.30. The number of carbonyl (C=O) groups is 2. The van der Waals surface area contributed by atoms with Crippen molar-refractivity contribution in [1.82, 2.24) is 4.90 Å². The normalized spacial score (nSPS) is 20.3. The first-order valence-electron chi connectivity index (χ1n) is 8.92. The molecule has 2 aliphatic heterocycles. The number of hydrogen-bond acceptors (Lipinski definition) is 4. The van der Waals surface area contributed by atoms with Crippen LogP contribution in [0.1, 0.15) is 34.1 Å². The Kier molecular flexibility index (Phi) is 4.88. The van der Waals surface area contributed by atoms with Gasteiger partial charge in [0.2, 0.25) is 18.6 Å². The summed E-state index contributed by atoms with van der Waals surface area (Å²) in [6.07, 6.45) is 0.259. The Hall–Kier alpha value is -2.24. The average molecular weight is 346 g/mol. The molecule has 0 saturated carbocycles. The smallest absolute Gasteiger partial charge is 0.231 e. The number of carbonyl (C=O) groups excluding carboxylic acids is 2. The van der Waals surface area contributed by atoms with Crippen molar-refractivity contribution in [3.63, 3.8) is 0 Å². The molecule has 1 fully saturated rings. The van der Waals surface area contributed by atoms with E-state index in [-0.39, 0.29) is 37.0 Å². The van der Waals surface area contributed by atoms with Gasteiger partial charge in [0.05, 0.1) is 5.92 Å². The first kappa shape index (κ1) is 17.6. The molecule has 0 aliphatic carbocycles. The summed E-state index contributed by atoms with van der Waals surface area (Å²) in [4.78, 5) is 29.0. The second kappa shape index (κ2) is 6.94. The Bertz CT molecular complexity index is 673. The van der Waals surface area contributed by atoms with Crippen LogP contribution in [0.25, 0.3) is 0 Å². The lowest BCUT2D eigenvalue weighted by molar-refractivity contribution is -0.138. The van der Waals surface area contributed by atoms with Gasteiger partial charge in [0.1, 0.15) is 0 Å². The van der Waals surface area contributed by atoms with Crippen LogP contribution in [0.15, 0.2) is 18.2 Å². The fraction of sp³-hybridized carbons (Fsp3) is 0.579. The van der Waals surface area contributed by atoms with Gasteiger partial charge in [-0.1, -0.05) is 13.8 Å². The van der Waals surface area contributed by atoms with E-state index in [0.717, 1.165) is 5.69 Å². The van der Waals surface area contributed by atoms with Gasteiger partial charge in [-0.3, -0.25) is 9.59 Å². The summed E-state index contributed by atoms with van der Waals surface area (Å²) < 4.78 is 10.7. The maximum Gasteiger partial charge on any atom is 0.231 e. The Morgan fingerprint density at radius 3 is 2.68 bits per heavy atom. The largest absolute Gasteiger partial charge is 0.454 e. The Morgan fingerprint density at radius 2 is 2.00 bits per heavy atom. The van der Waals surface area contributed by atoms with Crippen LogP contribution >= 0.6 is 0 Å². The summed E-state index contributed by atoms with van der Waals surface area (Å²) in [5.74, 6) is 1.46. The zero-order valence-corrected chi connectivity index (χ0v) is 15.3. The molecule has 1 saturated heterocycles. The third-order valence-electron chi connectivity index (χ3n) is 5.22. The number of fused-ring (bicyclic) bond motifs is 1. The number of rotatable bonds is 5. The molecular formula is C19H26N2O4. The van der Waals surface area contributed by atoms with Gasteiger partial charge in [0, 0.05) is 37.3 Å². The summed E-state index contributed by atoms with van der Waals surface area (Å²) in [7, 11) is 0. The van der Waals surface area contributed by atoms with E-state index in [4.69, 9.17) is 9.47 Å². The van der Waals surface area contributed by atoms with Crippen molar-refractivity contribution in [3.05, 3.63) is 18.2 Å². The van der Waals surface area contributed by atoms with Crippen LogP contribution in [-0.4, -0.2) is 42.6 Å². The van der Waals surface area contributed by atoms with E-state index in [1.54, 1.807) is 17.0 Å². The monoisotopic (exact) mass is 346 g/mol. The molecule has 2 atom stereocenters. The molecule has 0 bridgehead atoms. The van der Waals surface area contributed by atoms with Crippen molar-refractivity contribution in [1.29, 1.82) is 0 Å². The van der Waals surface area contributed by atoms with Crippen molar-refractivity contribution in [2.45, 2.75) is 40.2 Å². The molecule has 3 rings (SSSR count). The molecule has 2 aliphatic rings. The van der Waals surface area contributed by atoms with Gasteiger partial charge >= 0.3 is 0 Å². The van der Waals surface area contributed by atoms with Gasteiger partial charge in [-0.25, -0.2) is 0 Å². The molecule has 25 heavy (non-hydrogen) atoms. The van der Waals surface area contributed by atoms with E-state index in [1.165, 1.54) is 0 Å². The highest BCUT2D eigenvalue weighted by Gasteiger charge is 2.38. The Balaban J connectivity index is 1.74. The Labute approximate surface area is 148 Å². The number of amides is 2. The molecule has 2 heterocycles. The van der Waals surface area contributed by atoms with Crippen LogP contribution in [0.2, 0.25) is 0 Å². The van der Waals surface area contributed by atoms with Gasteiger partial charge in [0.25, 0.3) is 0 Å². The predicted octanol–water partition coefficient (Wildman–Crippen LogP) is 2.66. The average Bonchev–Trinajstić information content (AvgIpc) is 3.20. The first-order chi connectivity index (χ1) is 11.9. The molecule has 0 aromatic heterocycles. The standard InChI is InChI=1S/C19H26N2O4/c1-5-20(13(4)12(2)3)19(23)14-8-18(22)21(10-14)15-6-7-16-17(9-15)25-11-24-16/h6-7,9,12-14H,5,8,10-11H2,1-4H3/t13-,14-/m1/s1. The Morgan fingerprint density at radius 1 is 1.28 bits per heavy atom. The summed E-state index contributed by atoms with van der Waals surface area (Å²) >= 11 is 0. The second-order valence-corrected chi connectivity index (χ2v) is 7.05. The van der Waals surface area contributed by atoms with E-state index >= 15 is 0 Å².